The summed E-state index contributed by atoms with van der Waals surface area (Å²) in [6.07, 6.45) is 8.74. The quantitative estimate of drug-likeness (QED) is 0.503. The van der Waals surface area contributed by atoms with Gasteiger partial charge in [0.25, 0.3) is 5.91 Å². The van der Waals surface area contributed by atoms with Crippen LogP contribution >= 0.6 is 0 Å². The van der Waals surface area contributed by atoms with Crippen molar-refractivity contribution in [3.05, 3.63) is 83.0 Å². The molecule has 2 aromatic carbocycles. The maximum Gasteiger partial charge on any atom is 0.250 e. The number of nitrogens with zero attached hydrogens (tertiary/aromatic N) is 3. The summed E-state index contributed by atoms with van der Waals surface area (Å²) < 4.78 is 34.8. The molecule has 2 saturated heterocycles. The highest BCUT2D eigenvalue weighted by atomic mass is 19.2. The fourth-order valence-corrected chi connectivity index (χ4v) is 5.00. The molecule has 33 heavy (non-hydrogen) atoms. The summed E-state index contributed by atoms with van der Waals surface area (Å²) in [6, 6.07) is 9.65. The molecule has 2 fully saturated rings. The van der Waals surface area contributed by atoms with Crippen LogP contribution in [-0.2, 0) is 4.79 Å². The van der Waals surface area contributed by atoms with Gasteiger partial charge < -0.3 is 14.2 Å². The number of carbonyl (C=O) groups excluding carboxylic acids is 1. The van der Waals surface area contributed by atoms with Gasteiger partial charge in [-0.05, 0) is 74.1 Å². The number of aromatic nitrogens is 2. The van der Waals surface area contributed by atoms with Gasteiger partial charge in [0.1, 0.15) is 5.75 Å². The van der Waals surface area contributed by atoms with Gasteiger partial charge in [0.15, 0.2) is 11.6 Å². The van der Waals surface area contributed by atoms with E-state index in [2.05, 4.69) is 4.98 Å². The molecule has 0 aliphatic carbocycles. The maximum atomic E-state index is 13.8. The Balaban J connectivity index is 1.43. The van der Waals surface area contributed by atoms with Crippen LogP contribution in [0, 0.1) is 18.6 Å². The summed E-state index contributed by atoms with van der Waals surface area (Å²) >= 11 is 0. The standard InChI is InChI=1S/C26H25F2N3O2/c1-16-14-30(15-29-16)24-9-3-17(12-25(24)33-2)11-19-4-6-20-7-10-23(31(20)26(19)32)18-5-8-21(27)22(28)13-18/h3,5,8-9,11-15,20,23H,4,6-7,10H2,1-2H3/t20?,23-/m1/s1. The normalized spacial score (nSPS) is 21.5. The van der Waals surface area contributed by atoms with E-state index in [1.54, 1.807) is 19.5 Å². The topological polar surface area (TPSA) is 47.4 Å². The van der Waals surface area contributed by atoms with Crippen molar-refractivity contribution < 1.29 is 18.3 Å². The van der Waals surface area contributed by atoms with Crippen LogP contribution in [0.3, 0.4) is 0 Å². The highest BCUT2D eigenvalue weighted by Gasteiger charge is 2.41. The van der Waals surface area contributed by atoms with Gasteiger partial charge in [-0.2, -0.15) is 0 Å². The van der Waals surface area contributed by atoms with Crippen LogP contribution in [0.5, 0.6) is 5.75 Å². The van der Waals surface area contributed by atoms with Gasteiger partial charge in [0.05, 0.1) is 30.9 Å². The third-order valence-corrected chi connectivity index (χ3v) is 6.62. The highest BCUT2D eigenvalue weighted by molar-refractivity contribution is 5.99. The predicted octanol–water partition coefficient (Wildman–Crippen LogP) is 5.38. The lowest BCUT2D eigenvalue weighted by Gasteiger charge is -2.35. The molecule has 5 rings (SSSR count). The number of piperidine rings is 1. The number of hydrogen-bond acceptors (Lipinski definition) is 3. The largest absolute Gasteiger partial charge is 0.495 e. The fraction of sp³-hybridized carbons (Fsp3) is 0.308. The van der Waals surface area contributed by atoms with E-state index in [0.717, 1.165) is 42.3 Å². The molecule has 7 heteroatoms. The minimum atomic E-state index is -0.878. The molecule has 1 amide bonds. The smallest absolute Gasteiger partial charge is 0.250 e. The van der Waals surface area contributed by atoms with Gasteiger partial charge in [-0.3, -0.25) is 4.79 Å². The van der Waals surface area contributed by atoms with Crippen LogP contribution < -0.4 is 4.74 Å². The van der Waals surface area contributed by atoms with Crippen LogP contribution in [0.25, 0.3) is 11.8 Å². The fourth-order valence-electron chi connectivity index (χ4n) is 5.00. The maximum absolute atomic E-state index is 13.8. The van der Waals surface area contributed by atoms with Crippen LogP contribution in [0.4, 0.5) is 8.78 Å². The zero-order valence-corrected chi connectivity index (χ0v) is 18.6. The van der Waals surface area contributed by atoms with Gasteiger partial charge in [-0.1, -0.05) is 12.1 Å². The second-order valence-corrected chi connectivity index (χ2v) is 8.69. The van der Waals surface area contributed by atoms with E-state index in [-0.39, 0.29) is 18.0 Å². The van der Waals surface area contributed by atoms with E-state index in [4.69, 9.17) is 4.74 Å². The number of benzene rings is 2. The van der Waals surface area contributed by atoms with Crippen LogP contribution in [-0.4, -0.2) is 33.5 Å². The Labute approximate surface area is 191 Å². The molecule has 2 aliphatic heterocycles. The van der Waals surface area contributed by atoms with Crippen LogP contribution in [0.1, 0.15) is 48.5 Å². The van der Waals surface area contributed by atoms with E-state index in [0.29, 0.717) is 23.3 Å². The number of rotatable bonds is 4. The van der Waals surface area contributed by atoms with Gasteiger partial charge in [0.2, 0.25) is 0 Å². The highest BCUT2D eigenvalue weighted by Crippen LogP contribution is 2.43. The molecule has 0 N–H and O–H groups in total. The molecular weight excluding hydrogens is 424 g/mol. The number of aryl methyl sites for hydroxylation is 1. The average molecular weight is 450 g/mol. The van der Waals surface area contributed by atoms with Gasteiger partial charge >= 0.3 is 0 Å². The first-order valence-corrected chi connectivity index (χ1v) is 11.1. The lowest BCUT2D eigenvalue weighted by Crippen LogP contribution is -2.41. The van der Waals surface area contributed by atoms with Crippen molar-refractivity contribution in [2.75, 3.05) is 7.11 Å². The lowest BCUT2D eigenvalue weighted by atomic mass is 9.95. The van der Waals surface area contributed by atoms with Crippen molar-refractivity contribution in [3.8, 4) is 11.4 Å². The van der Waals surface area contributed by atoms with E-state index in [1.165, 1.54) is 6.07 Å². The van der Waals surface area contributed by atoms with Crippen molar-refractivity contribution in [3.63, 3.8) is 0 Å². The van der Waals surface area contributed by atoms with E-state index >= 15 is 0 Å². The number of imidazole rings is 1. The first kappa shape index (κ1) is 21.4. The monoisotopic (exact) mass is 449 g/mol. The van der Waals surface area contributed by atoms with E-state index in [9.17, 15) is 13.6 Å². The number of methoxy groups -OCH3 is 1. The molecule has 0 bridgehead atoms. The number of hydrogen-bond donors (Lipinski definition) is 0. The SMILES string of the molecule is COc1cc(C=C2CCC3CC[C@H](c4ccc(F)c(F)c4)N3C2=O)ccc1-n1cnc(C)c1. The first-order valence-electron chi connectivity index (χ1n) is 11.1. The Morgan fingerprint density at radius 2 is 1.94 bits per heavy atom. The Morgan fingerprint density at radius 1 is 1.09 bits per heavy atom. The predicted molar refractivity (Wildman–Crippen MR) is 121 cm³/mol. The molecule has 3 aromatic rings. The number of halogens is 2. The van der Waals surface area contributed by atoms with Gasteiger partial charge in [0, 0.05) is 17.8 Å². The minimum Gasteiger partial charge on any atom is -0.495 e. The summed E-state index contributed by atoms with van der Waals surface area (Å²) in [5.41, 5.74) is 4.01. The summed E-state index contributed by atoms with van der Waals surface area (Å²) in [5, 5.41) is 0. The number of ether oxygens (including phenoxy) is 1. The summed E-state index contributed by atoms with van der Waals surface area (Å²) in [5.74, 6) is -1.10. The van der Waals surface area contributed by atoms with Crippen molar-refractivity contribution in [1.82, 2.24) is 14.5 Å². The Hall–Kier alpha value is -3.48. The summed E-state index contributed by atoms with van der Waals surface area (Å²) in [7, 11) is 1.62. The van der Waals surface area contributed by atoms with Crippen molar-refractivity contribution >= 4 is 12.0 Å². The van der Waals surface area contributed by atoms with Gasteiger partial charge in [-0.15, -0.1) is 0 Å². The van der Waals surface area contributed by atoms with Crippen molar-refractivity contribution in [1.29, 1.82) is 0 Å². The molecule has 1 aromatic heterocycles. The minimum absolute atomic E-state index is 0.0354. The molecule has 1 unspecified atom stereocenters. The van der Waals surface area contributed by atoms with Crippen molar-refractivity contribution in [2.24, 2.45) is 0 Å². The van der Waals surface area contributed by atoms with Crippen molar-refractivity contribution in [2.45, 2.75) is 44.7 Å². The van der Waals surface area contributed by atoms with Crippen LogP contribution in [0.15, 0.2) is 54.5 Å². The second kappa shape index (κ2) is 8.46. The summed E-state index contributed by atoms with van der Waals surface area (Å²) in [4.78, 5) is 19.6. The lowest BCUT2D eigenvalue weighted by molar-refractivity contribution is -0.131. The molecule has 0 spiro atoms. The molecular formula is C26H25F2N3O2. The van der Waals surface area contributed by atoms with Crippen LogP contribution in [0.2, 0.25) is 0 Å². The third kappa shape index (κ3) is 3.92. The summed E-state index contributed by atoms with van der Waals surface area (Å²) in [6.45, 7) is 1.93. The van der Waals surface area contributed by atoms with Gasteiger partial charge in [-0.25, -0.2) is 13.8 Å². The Bertz CT molecular complexity index is 1250. The molecule has 3 heterocycles. The molecule has 0 radical (unpaired) electrons. The molecule has 2 aliphatic rings. The number of amides is 1. The molecule has 170 valence electrons. The molecule has 5 nitrogen and oxygen atoms in total. The zero-order chi connectivity index (χ0) is 23.1. The average Bonchev–Trinajstić information content (AvgIpc) is 3.44. The van der Waals surface area contributed by atoms with E-state index in [1.807, 2.05) is 46.9 Å². The van der Waals surface area contributed by atoms with E-state index < -0.39 is 11.6 Å². The zero-order valence-electron chi connectivity index (χ0n) is 18.6. The third-order valence-electron chi connectivity index (χ3n) is 6.62. The Morgan fingerprint density at radius 3 is 2.67 bits per heavy atom. The molecule has 2 atom stereocenters. The number of carbonyl (C=O) groups is 1. The second-order valence-electron chi connectivity index (χ2n) is 8.69. The number of fused-ring (bicyclic) bond motifs is 1. The first-order chi connectivity index (χ1) is 15.9. The molecule has 0 saturated carbocycles. The Kier molecular flexibility index (Phi) is 5.48.